The zero-order valence-corrected chi connectivity index (χ0v) is 14.4. The molecule has 1 spiro atoms. The molecule has 4 rings (SSSR count). The van der Waals surface area contributed by atoms with Crippen LogP contribution in [0.15, 0.2) is 48.5 Å². The number of fused-ring (bicyclic) bond motifs is 5. The first-order valence-electron chi connectivity index (χ1n) is 7.20. The molecule has 2 heteroatoms. The summed E-state index contributed by atoms with van der Waals surface area (Å²) in [5.74, 6) is 0. The fourth-order valence-corrected chi connectivity index (χ4v) is 4.79. The van der Waals surface area contributed by atoms with Gasteiger partial charge >= 0.3 is 0 Å². The van der Waals surface area contributed by atoms with Gasteiger partial charge in [-0.2, -0.15) is 0 Å². The number of benzene rings is 2. The molecule has 2 aromatic rings. The highest BCUT2D eigenvalue weighted by Gasteiger charge is 2.47. The Balaban J connectivity index is 1.92. The summed E-state index contributed by atoms with van der Waals surface area (Å²) in [7, 11) is 0. The average Bonchev–Trinajstić information content (AvgIpc) is 2.74. The van der Waals surface area contributed by atoms with Gasteiger partial charge < -0.3 is 0 Å². The molecule has 0 N–H and O–H groups in total. The molecule has 2 aromatic carbocycles. The summed E-state index contributed by atoms with van der Waals surface area (Å²) < 4.78 is 0.137. The highest BCUT2D eigenvalue weighted by molar-refractivity contribution is 9.25. The lowest BCUT2D eigenvalue weighted by atomic mass is 9.68. The van der Waals surface area contributed by atoms with Crippen molar-refractivity contribution in [2.75, 3.05) is 0 Å². The van der Waals surface area contributed by atoms with Crippen LogP contribution in [0.25, 0.3) is 11.1 Å². The van der Waals surface area contributed by atoms with Crippen LogP contribution >= 0.6 is 31.9 Å². The van der Waals surface area contributed by atoms with Crippen LogP contribution in [0.1, 0.15) is 36.8 Å². The standard InChI is InChI=1S/C18H16Br2/c19-18(20)11-9-17(10-12-18)15-7-3-1-5-13(15)14-6-2-4-8-16(14)17/h1-8H,9-12H2. The first-order chi connectivity index (χ1) is 9.62. The Morgan fingerprint density at radius 2 is 1.10 bits per heavy atom. The molecule has 1 saturated carbocycles. The lowest BCUT2D eigenvalue weighted by Crippen LogP contribution is -2.34. The van der Waals surface area contributed by atoms with E-state index in [1.54, 1.807) is 0 Å². The Kier molecular flexibility index (Phi) is 2.91. The third-order valence-corrected chi connectivity index (χ3v) is 6.60. The van der Waals surface area contributed by atoms with Gasteiger partial charge in [0.05, 0.1) is 3.23 Å². The van der Waals surface area contributed by atoms with Crippen LogP contribution in [0.3, 0.4) is 0 Å². The van der Waals surface area contributed by atoms with Gasteiger partial charge in [0, 0.05) is 5.41 Å². The highest BCUT2D eigenvalue weighted by Crippen LogP contribution is 2.59. The normalized spacial score (nSPS) is 21.5. The van der Waals surface area contributed by atoms with Crippen LogP contribution in [0, 0.1) is 0 Å². The minimum atomic E-state index is 0.137. The quantitative estimate of drug-likeness (QED) is 0.482. The summed E-state index contributed by atoms with van der Waals surface area (Å²) >= 11 is 7.64. The molecule has 0 radical (unpaired) electrons. The average molecular weight is 392 g/mol. The van der Waals surface area contributed by atoms with Crippen molar-refractivity contribution >= 4 is 31.9 Å². The molecule has 0 aromatic heterocycles. The topological polar surface area (TPSA) is 0 Å². The molecular formula is C18H16Br2. The van der Waals surface area contributed by atoms with Gasteiger partial charge in [-0.25, -0.2) is 0 Å². The lowest BCUT2D eigenvalue weighted by Gasteiger charge is -2.41. The van der Waals surface area contributed by atoms with Crippen molar-refractivity contribution in [3.05, 3.63) is 59.7 Å². The van der Waals surface area contributed by atoms with Crippen LogP contribution in [-0.4, -0.2) is 3.23 Å². The number of hydrogen-bond donors (Lipinski definition) is 0. The monoisotopic (exact) mass is 390 g/mol. The number of halogens is 2. The van der Waals surface area contributed by atoms with Crippen molar-refractivity contribution < 1.29 is 0 Å². The maximum absolute atomic E-state index is 3.82. The molecular weight excluding hydrogens is 376 g/mol. The smallest absolute Gasteiger partial charge is 0.0727 e. The molecule has 2 aliphatic carbocycles. The van der Waals surface area contributed by atoms with Gasteiger partial charge in [-0.05, 0) is 47.9 Å². The maximum Gasteiger partial charge on any atom is 0.0806 e. The van der Waals surface area contributed by atoms with E-state index in [0.29, 0.717) is 0 Å². The molecule has 0 saturated heterocycles. The zero-order valence-electron chi connectivity index (χ0n) is 11.2. The molecule has 0 nitrogen and oxygen atoms in total. The van der Waals surface area contributed by atoms with Crippen molar-refractivity contribution in [2.24, 2.45) is 0 Å². The Bertz CT molecular complexity index is 615. The minimum absolute atomic E-state index is 0.137. The van der Waals surface area contributed by atoms with Gasteiger partial charge in [-0.15, -0.1) is 0 Å². The summed E-state index contributed by atoms with van der Waals surface area (Å²) in [6, 6.07) is 18.0. The zero-order chi connectivity index (χ0) is 13.8. The van der Waals surface area contributed by atoms with Crippen LogP contribution in [0.2, 0.25) is 0 Å². The predicted octanol–water partition coefficient (Wildman–Crippen LogP) is 6.01. The van der Waals surface area contributed by atoms with E-state index >= 15 is 0 Å². The van der Waals surface area contributed by atoms with Crippen molar-refractivity contribution in [3.63, 3.8) is 0 Å². The van der Waals surface area contributed by atoms with E-state index < -0.39 is 0 Å². The summed E-state index contributed by atoms with van der Waals surface area (Å²) in [6.07, 6.45) is 4.74. The molecule has 0 atom stereocenters. The summed E-state index contributed by atoms with van der Waals surface area (Å²) in [4.78, 5) is 0. The van der Waals surface area contributed by atoms with Crippen molar-refractivity contribution in [2.45, 2.75) is 34.3 Å². The van der Waals surface area contributed by atoms with Gasteiger partial charge in [0.2, 0.25) is 0 Å². The van der Waals surface area contributed by atoms with Gasteiger partial charge in [-0.1, -0.05) is 80.4 Å². The predicted molar refractivity (Wildman–Crippen MR) is 91.7 cm³/mol. The Labute approximate surface area is 136 Å². The first kappa shape index (κ1) is 13.1. The second-order valence-electron chi connectivity index (χ2n) is 6.03. The number of alkyl halides is 2. The molecule has 0 bridgehead atoms. The van der Waals surface area contributed by atoms with E-state index in [0.717, 1.165) is 12.8 Å². The molecule has 2 aliphatic rings. The summed E-state index contributed by atoms with van der Waals surface area (Å²) in [6.45, 7) is 0. The Hall–Kier alpha value is -0.600. The van der Waals surface area contributed by atoms with Gasteiger partial charge in [-0.3, -0.25) is 0 Å². The second-order valence-corrected chi connectivity index (χ2v) is 10.1. The van der Waals surface area contributed by atoms with E-state index in [1.807, 2.05) is 0 Å². The van der Waals surface area contributed by atoms with Gasteiger partial charge in [0.25, 0.3) is 0 Å². The van der Waals surface area contributed by atoms with Crippen LogP contribution in [-0.2, 0) is 5.41 Å². The van der Waals surface area contributed by atoms with Crippen molar-refractivity contribution in [1.82, 2.24) is 0 Å². The molecule has 0 amide bonds. The second kappa shape index (κ2) is 4.45. The van der Waals surface area contributed by atoms with Crippen LogP contribution in [0.5, 0.6) is 0 Å². The number of hydrogen-bond acceptors (Lipinski definition) is 0. The van der Waals surface area contributed by atoms with E-state index in [2.05, 4.69) is 80.4 Å². The van der Waals surface area contributed by atoms with Crippen LogP contribution in [0.4, 0.5) is 0 Å². The molecule has 0 heterocycles. The molecule has 1 fully saturated rings. The SMILES string of the molecule is BrC1(Br)CCC2(CC1)c1ccccc1-c1ccccc12. The lowest BCUT2D eigenvalue weighted by molar-refractivity contribution is 0.352. The van der Waals surface area contributed by atoms with Crippen molar-refractivity contribution in [1.29, 1.82) is 0 Å². The Morgan fingerprint density at radius 1 is 0.650 bits per heavy atom. The van der Waals surface area contributed by atoms with E-state index in [4.69, 9.17) is 0 Å². The summed E-state index contributed by atoms with van der Waals surface area (Å²) in [5, 5.41) is 0. The minimum Gasteiger partial charge on any atom is -0.0727 e. The summed E-state index contributed by atoms with van der Waals surface area (Å²) in [5.41, 5.74) is 6.20. The van der Waals surface area contributed by atoms with Crippen molar-refractivity contribution in [3.8, 4) is 11.1 Å². The molecule has 20 heavy (non-hydrogen) atoms. The fraction of sp³-hybridized carbons (Fsp3) is 0.333. The van der Waals surface area contributed by atoms with Gasteiger partial charge in [0.15, 0.2) is 0 Å². The highest BCUT2D eigenvalue weighted by atomic mass is 79.9. The van der Waals surface area contributed by atoms with E-state index in [9.17, 15) is 0 Å². The molecule has 0 unspecified atom stereocenters. The van der Waals surface area contributed by atoms with Gasteiger partial charge in [0.1, 0.15) is 0 Å². The largest absolute Gasteiger partial charge is 0.0806 e. The number of rotatable bonds is 0. The fourth-order valence-electron chi connectivity index (χ4n) is 4.00. The molecule has 0 aliphatic heterocycles. The van der Waals surface area contributed by atoms with E-state index in [-0.39, 0.29) is 8.65 Å². The van der Waals surface area contributed by atoms with E-state index in [1.165, 1.54) is 35.1 Å². The first-order valence-corrected chi connectivity index (χ1v) is 8.78. The molecule has 102 valence electrons. The maximum atomic E-state index is 3.82. The van der Waals surface area contributed by atoms with Crippen LogP contribution < -0.4 is 0 Å². The third kappa shape index (κ3) is 1.77. The Morgan fingerprint density at radius 3 is 1.60 bits per heavy atom. The third-order valence-electron chi connectivity index (χ3n) is 5.01.